The number of hydrogen-bond acceptors (Lipinski definition) is 5. The summed E-state index contributed by atoms with van der Waals surface area (Å²) < 4.78 is 3.66. The lowest BCUT2D eigenvalue weighted by molar-refractivity contribution is 0.102. The van der Waals surface area contributed by atoms with Gasteiger partial charge in [0.15, 0.2) is 5.82 Å². The van der Waals surface area contributed by atoms with Crippen molar-refractivity contribution in [3.63, 3.8) is 0 Å². The van der Waals surface area contributed by atoms with Crippen molar-refractivity contribution in [2.24, 2.45) is 0 Å². The predicted octanol–water partition coefficient (Wildman–Crippen LogP) is 3.73. The van der Waals surface area contributed by atoms with E-state index in [0.29, 0.717) is 23.0 Å². The summed E-state index contributed by atoms with van der Waals surface area (Å²) in [6.07, 6.45) is 2.19. The van der Waals surface area contributed by atoms with Gasteiger partial charge in [-0.25, -0.2) is 9.36 Å². The minimum Gasteiger partial charge on any atom is -0.322 e. The molecule has 0 saturated heterocycles. The van der Waals surface area contributed by atoms with Crippen LogP contribution in [0.3, 0.4) is 0 Å². The van der Waals surface area contributed by atoms with Gasteiger partial charge in [0, 0.05) is 11.3 Å². The van der Waals surface area contributed by atoms with Crippen LogP contribution in [0, 0.1) is 13.8 Å². The van der Waals surface area contributed by atoms with Crippen molar-refractivity contribution in [3.8, 4) is 17.1 Å². The highest BCUT2D eigenvalue weighted by Gasteiger charge is 2.28. The molecule has 0 radical (unpaired) electrons. The average Bonchev–Trinajstić information content (AvgIpc) is 3.40. The molecule has 30 heavy (non-hydrogen) atoms. The van der Waals surface area contributed by atoms with E-state index in [1.54, 1.807) is 4.68 Å². The molecule has 0 spiro atoms. The van der Waals surface area contributed by atoms with E-state index >= 15 is 0 Å². The minimum atomic E-state index is -0.189. The van der Waals surface area contributed by atoms with Gasteiger partial charge in [-0.3, -0.25) is 4.79 Å². The third-order valence-corrected chi connectivity index (χ3v) is 5.28. The normalized spacial score (nSPS) is 13.4. The first-order valence-corrected chi connectivity index (χ1v) is 9.93. The highest BCUT2D eigenvalue weighted by Crippen LogP contribution is 2.36. The van der Waals surface area contributed by atoms with Crippen LogP contribution in [-0.2, 0) is 0 Å². The van der Waals surface area contributed by atoms with E-state index in [4.69, 9.17) is 0 Å². The molecule has 150 valence electrons. The second-order valence-electron chi connectivity index (χ2n) is 7.51. The van der Waals surface area contributed by atoms with Crippen LogP contribution in [0.5, 0.6) is 0 Å². The molecule has 5 rings (SSSR count). The van der Waals surface area contributed by atoms with Crippen molar-refractivity contribution in [1.82, 2.24) is 30.0 Å². The van der Waals surface area contributed by atoms with Crippen molar-refractivity contribution in [2.75, 3.05) is 5.32 Å². The second-order valence-corrected chi connectivity index (χ2v) is 7.51. The van der Waals surface area contributed by atoms with Crippen molar-refractivity contribution >= 4 is 11.6 Å². The Morgan fingerprint density at radius 2 is 1.87 bits per heavy atom. The molecule has 0 unspecified atom stereocenters. The molecule has 1 amide bonds. The lowest BCUT2D eigenvalue weighted by atomic mass is 10.1. The van der Waals surface area contributed by atoms with Gasteiger partial charge in [0.25, 0.3) is 5.91 Å². The van der Waals surface area contributed by atoms with Gasteiger partial charge in [-0.1, -0.05) is 30.3 Å². The Labute approximate surface area is 173 Å². The number of hydrogen-bond donors (Lipinski definition) is 1. The van der Waals surface area contributed by atoms with Crippen LogP contribution in [0.25, 0.3) is 17.1 Å². The molecule has 2 aromatic carbocycles. The van der Waals surface area contributed by atoms with Crippen LogP contribution in [0.15, 0.2) is 54.6 Å². The summed E-state index contributed by atoms with van der Waals surface area (Å²) in [4.78, 5) is 13.1. The van der Waals surface area contributed by atoms with Crippen LogP contribution in [0.1, 0.15) is 40.6 Å². The zero-order chi connectivity index (χ0) is 20.7. The predicted molar refractivity (Wildman–Crippen MR) is 113 cm³/mol. The highest BCUT2D eigenvalue weighted by molar-refractivity contribution is 6.06. The first-order valence-electron chi connectivity index (χ1n) is 9.93. The summed E-state index contributed by atoms with van der Waals surface area (Å²) >= 11 is 0. The van der Waals surface area contributed by atoms with Gasteiger partial charge >= 0.3 is 0 Å². The zero-order valence-corrected chi connectivity index (χ0v) is 16.8. The highest BCUT2D eigenvalue weighted by atomic mass is 16.1. The van der Waals surface area contributed by atoms with E-state index in [2.05, 4.69) is 25.9 Å². The average molecular weight is 399 g/mol. The number of carbonyl (C=O) groups excluding carboxylic acids is 1. The number of amides is 1. The van der Waals surface area contributed by atoms with E-state index in [0.717, 1.165) is 35.6 Å². The SMILES string of the molecule is Cc1nn(-c2ccccc2)c(C)c1C(=O)Nc1cccc(-c2nnnn2C2CC2)c1. The smallest absolute Gasteiger partial charge is 0.259 e. The molecular formula is C22H21N7O. The Morgan fingerprint density at radius 1 is 1.07 bits per heavy atom. The molecule has 1 saturated carbocycles. The fraction of sp³-hybridized carbons (Fsp3) is 0.227. The summed E-state index contributed by atoms with van der Waals surface area (Å²) in [5.74, 6) is 0.531. The number of aryl methyl sites for hydroxylation is 1. The monoisotopic (exact) mass is 399 g/mol. The van der Waals surface area contributed by atoms with E-state index in [9.17, 15) is 4.79 Å². The van der Waals surface area contributed by atoms with Crippen molar-refractivity contribution < 1.29 is 4.79 Å². The van der Waals surface area contributed by atoms with E-state index < -0.39 is 0 Å². The van der Waals surface area contributed by atoms with E-state index in [1.807, 2.05) is 73.1 Å². The lowest BCUT2D eigenvalue weighted by Crippen LogP contribution is -2.14. The Bertz CT molecular complexity index is 1220. The molecule has 1 N–H and O–H groups in total. The summed E-state index contributed by atoms with van der Waals surface area (Å²) in [7, 11) is 0. The van der Waals surface area contributed by atoms with Crippen LogP contribution >= 0.6 is 0 Å². The van der Waals surface area contributed by atoms with Crippen molar-refractivity contribution in [2.45, 2.75) is 32.7 Å². The number of benzene rings is 2. The van der Waals surface area contributed by atoms with Gasteiger partial charge in [-0.15, -0.1) is 5.10 Å². The summed E-state index contributed by atoms with van der Waals surface area (Å²) in [6.45, 7) is 3.75. The Balaban J connectivity index is 1.43. The molecular weight excluding hydrogens is 378 g/mol. The molecule has 1 fully saturated rings. The number of nitrogens with zero attached hydrogens (tertiary/aromatic N) is 6. The number of tetrazole rings is 1. The van der Waals surface area contributed by atoms with Crippen LogP contribution in [0.2, 0.25) is 0 Å². The molecule has 8 nitrogen and oxygen atoms in total. The standard InChI is InChI=1S/C22H21N7O/c1-14-20(15(2)28(25-14)18-9-4-3-5-10-18)22(30)23-17-8-6-7-16(13-17)21-24-26-27-29(21)19-11-12-19/h3-10,13,19H,11-12H2,1-2H3,(H,23,30). The fourth-order valence-corrected chi connectivity index (χ4v) is 3.67. The van der Waals surface area contributed by atoms with Crippen LogP contribution in [0.4, 0.5) is 5.69 Å². The quantitative estimate of drug-likeness (QED) is 0.552. The molecule has 0 bridgehead atoms. The number of anilines is 1. The Kier molecular flexibility index (Phi) is 4.39. The van der Waals surface area contributed by atoms with E-state index in [1.165, 1.54) is 0 Å². The molecule has 4 aromatic rings. The number of para-hydroxylation sites is 1. The minimum absolute atomic E-state index is 0.189. The molecule has 8 heteroatoms. The largest absolute Gasteiger partial charge is 0.322 e. The molecule has 1 aliphatic rings. The topological polar surface area (TPSA) is 90.5 Å². The number of carbonyl (C=O) groups is 1. The number of nitrogens with one attached hydrogen (secondary N) is 1. The maximum Gasteiger partial charge on any atom is 0.259 e. The van der Waals surface area contributed by atoms with Gasteiger partial charge in [0.1, 0.15) is 0 Å². The maximum absolute atomic E-state index is 13.1. The third-order valence-electron chi connectivity index (χ3n) is 5.28. The molecule has 1 aliphatic carbocycles. The van der Waals surface area contributed by atoms with Gasteiger partial charge in [-0.05, 0) is 61.4 Å². The van der Waals surface area contributed by atoms with Crippen molar-refractivity contribution in [3.05, 3.63) is 71.5 Å². The Morgan fingerprint density at radius 3 is 2.63 bits per heavy atom. The molecule has 2 aromatic heterocycles. The molecule has 2 heterocycles. The first kappa shape index (κ1) is 18.2. The van der Waals surface area contributed by atoms with Crippen LogP contribution < -0.4 is 5.32 Å². The van der Waals surface area contributed by atoms with Gasteiger partial charge < -0.3 is 5.32 Å². The summed E-state index contributed by atoms with van der Waals surface area (Å²) in [6, 6.07) is 17.8. The lowest BCUT2D eigenvalue weighted by Gasteiger charge is -2.09. The van der Waals surface area contributed by atoms with Crippen molar-refractivity contribution in [1.29, 1.82) is 0 Å². The zero-order valence-electron chi connectivity index (χ0n) is 16.8. The Hall–Kier alpha value is -3.81. The van der Waals surface area contributed by atoms with Gasteiger partial charge in [-0.2, -0.15) is 5.10 Å². The third kappa shape index (κ3) is 3.26. The maximum atomic E-state index is 13.1. The first-order chi connectivity index (χ1) is 14.6. The van der Waals surface area contributed by atoms with Crippen LogP contribution in [-0.4, -0.2) is 35.9 Å². The van der Waals surface area contributed by atoms with Gasteiger partial charge in [0.05, 0.1) is 28.7 Å². The van der Waals surface area contributed by atoms with E-state index in [-0.39, 0.29) is 5.91 Å². The summed E-state index contributed by atoms with van der Waals surface area (Å²) in [5.41, 5.74) is 4.54. The number of aromatic nitrogens is 6. The second kappa shape index (κ2) is 7.22. The fourth-order valence-electron chi connectivity index (χ4n) is 3.67. The van der Waals surface area contributed by atoms with Gasteiger partial charge in [0.2, 0.25) is 0 Å². The number of rotatable bonds is 5. The molecule has 0 aliphatic heterocycles. The summed E-state index contributed by atoms with van der Waals surface area (Å²) in [5, 5.41) is 19.7. The molecule has 0 atom stereocenters.